The van der Waals surface area contributed by atoms with Gasteiger partial charge in [0.05, 0.1) is 10.6 Å². The number of pyridine rings is 1. The largest absolute Gasteiger partial charge is 0.455 e. The number of fused-ring (bicyclic) bond motifs is 1. The Balaban J connectivity index is 1.53. The Kier molecular flexibility index (Phi) is 4.21. The summed E-state index contributed by atoms with van der Waals surface area (Å²) in [4.78, 5) is 19.0. The van der Waals surface area contributed by atoms with Crippen LogP contribution in [0.2, 0.25) is 0 Å². The minimum Gasteiger partial charge on any atom is -0.455 e. The lowest BCUT2D eigenvalue weighted by atomic mass is 10.1. The van der Waals surface area contributed by atoms with Crippen LogP contribution in [0, 0.1) is 13.8 Å². The number of carbonyl (C=O) groups is 1. The van der Waals surface area contributed by atoms with Gasteiger partial charge in [0.2, 0.25) is 0 Å². The van der Waals surface area contributed by atoms with Crippen LogP contribution in [0.3, 0.4) is 0 Å². The van der Waals surface area contributed by atoms with Crippen LogP contribution < -0.4 is 5.73 Å². The number of nitrogens with zero attached hydrogens (tertiary/aromatic N) is 2. The van der Waals surface area contributed by atoms with Gasteiger partial charge in [-0.15, -0.1) is 22.7 Å². The monoisotopic (exact) mass is 385 g/mol. The Labute approximate surface area is 157 Å². The van der Waals surface area contributed by atoms with E-state index in [-0.39, 0.29) is 6.61 Å². The second-order valence-corrected chi connectivity index (χ2v) is 7.79. The van der Waals surface area contributed by atoms with Gasteiger partial charge in [0.15, 0.2) is 5.76 Å². The molecular formula is C18H15N3O3S2. The number of ether oxygens (including phenoxy) is 1. The zero-order valence-electron chi connectivity index (χ0n) is 14.1. The van der Waals surface area contributed by atoms with Crippen molar-refractivity contribution in [1.82, 2.24) is 10.1 Å². The molecule has 8 heteroatoms. The van der Waals surface area contributed by atoms with E-state index in [2.05, 4.69) is 10.1 Å². The van der Waals surface area contributed by atoms with Crippen molar-refractivity contribution in [2.24, 2.45) is 0 Å². The van der Waals surface area contributed by atoms with Gasteiger partial charge in [-0.25, -0.2) is 9.78 Å². The van der Waals surface area contributed by atoms with Gasteiger partial charge in [0, 0.05) is 17.1 Å². The Morgan fingerprint density at radius 3 is 2.96 bits per heavy atom. The molecule has 0 amide bonds. The minimum absolute atomic E-state index is 0.0207. The number of aryl methyl sites for hydroxylation is 2. The maximum absolute atomic E-state index is 12.5. The van der Waals surface area contributed by atoms with Crippen LogP contribution in [0.5, 0.6) is 0 Å². The fraction of sp³-hybridized carbons (Fsp3) is 0.167. The summed E-state index contributed by atoms with van der Waals surface area (Å²) in [6.07, 6.45) is 0. The van der Waals surface area contributed by atoms with Crippen LogP contribution in [0.1, 0.15) is 26.6 Å². The lowest BCUT2D eigenvalue weighted by molar-refractivity contribution is 0.0471. The van der Waals surface area contributed by atoms with Crippen molar-refractivity contribution in [2.45, 2.75) is 20.5 Å². The summed E-state index contributed by atoms with van der Waals surface area (Å²) >= 11 is 2.80. The highest BCUT2D eigenvalue weighted by molar-refractivity contribution is 7.21. The molecule has 0 aliphatic carbocycles. The van der Waals surface area contributed by atoms with Gasteiger partial charge >= 0.3 is 5.97 Å². The summed E-state index contributed by atoms with van der Waals surface area (Å²) < 4.78 is 10.7. The van der Waals surface area contributed by atoms with Gasteiger partial charge in [-0.1, -0.05) is 11.2 Å². The first kappa shape index (κ1) is 16.7. The quantitative estimate of drug-likeness (QED) is 0.518. The Hall–Kier alpha value is -2.71. The van der Waals surface area contributed by atoms with Gasteiger partial charge in [-0.2, -0.15) is 0 Å². The fourth-order valence-corrected chi connectivity index (χ4v) is 4.52. The number of esters is 1. The van der Waals surface area contributed by atoms with Gasteiger partial charge < -0.3 is 15.0 Å². The maximum atomic E-state index is 12.5. The average Bonchev–Trinajstić information content (AvgIpc) is 3.32. The van der Waals surface area contributed by atoms with E-state index in [1.54, 1.807) is 17.4 Å². The van der Waals surface area contributed by atoms with E-state index in [1.807, 2.05) is 37.4 Å². The number of hydrogen-bond acceptors (Lipinski definition) is 8. The SMILES string of the molecule is Cc1cc(C)c2c(N)c(C(=O)OCc3cc(-c4cccs4)on3)sc2n1. The van der Waals surface area contributed by atoms with E-state index in [0.29, 0.717) is 22.0 Å². The van der Waals surface area contributed by atoms with Crippen molar-refractivity contribution in [3.05, 3.63) is 51.5 Å². The van der Waals surface area contributed by atoms with Crippen molar-refractivity contribution in [3.63, 3.8) is 0 Å². The molecule has 0 aromatic carbocycles. The summed E-state index contributed by atoms with van der Waals surface area (Å²) in [7, 11) is 0. The standard InChI is InChI=1S/C18H15N3O3S2/c1-9-6-10(2)20-17-14(9)15(19)16(26-17)18(22)23-8-11-7-12(24-21-11)13-4-3-5-25-13/h3-7H,8,19H2,1-2H3. The molecule has 0 spiro atoms. The minimum atomic E-state index is -0.483. The normalized spacial score (nSPS) is 11.2. The van der Waals surface area contributed by atoms with E-state index in [0.717, 1.165) is 26.4 Å². The third-order valence-electron chi connectivity index (χ3n) is 3.88. The lowest BCUT2D eigenvalue weighted by Gasteiger charge is -2.02. The molecule has 0 saturated heterocycles. The van der Waals surface area contributed by atoms with Crippen LogP contribution >= 0.6 is 22.7 Å². The predicted molar refractivity (Wildman–Crippen MR) is 102 cm³/mol. The first-order valence-electron chi connectivity index (χ1n) is 7.85. The van der Waals surface area contributed by atoms with E-state index >= 15 is 0 Å². The molecule has 0 bridgehead atoms. The molecule has 4 heterocycles. The van der Waals surface area contributed by atoms with Crippen LogP contribution in [0.15, 0.2) is 34.2 Å². The van der Waals surface area contributed by atoms with E-state index in [9.17, 15) is 4.79 Å². The van der Waals surface area contributed by atoms with Crippen LogP contribution in [-0.2, 0) is 11.3 Å². The first-order valence-corrected chi connectivity index (χ1v) is 9.55. The number of hydrogen-bond donors (Lipinski definition) is 1. The van der Waals surface area contributed by atoms with Crippen LogP contribution in [-0.4, -0.2) is 16.1 Å². The average molecular weight is 385 g/mol. The van der Waals surface area contributed by atoms with Crippen molar-refractivity contribution < 1.29 is 14.1 Å². The van der Waals surface area contributed by atoms with Gasteiger partial charge in [-0.3, -0.25) is 0 Å². The molecule has 0 fully saturated rings. The molecule has 0 unspecified atom stereocenters. The number of nitrogen functional groups attached to an aromatic ring is 1. The van der Waals surface area contributed by atoms with E-state index in [4.69, 9.17) is 15.0 Å². The highest BCUT2D eigenvalue weighted by atomic mass is 32.1. The number of thiophene rings is 2. The molecule has 0 atom stereocenters. The highest BCUT2D eigenvalue weighted by Gasteiger charge is 2.20. The number of carbonyl (C=O) groups excluding carboxylic acids is 1. The number of nitrogens with two attached hydrogens (primary N) is 1. The molecule has 2 N–H and O–H groups in total. The molecule has 0 aliphatic rings. The van der Waals surface area contributed by atoms with Gasteiger partial charge in [0.1, 0.15) is 22.0 Å². The third kappa shape index (κ3) is 2.97. The second-order valence-electron chi connectivity index (χ2n) is 5.84. The first-order chi connectivity index (χ1) is 12.5. The number of rotatable bonds is 4. The Morgan fingerprint density at radius 2 is 2.19 bits per heavy atom. The summed E-state index contributed by atoms with van der Waals surface area (Å²) in [5, 5.41) is 6.71. The van der Waals surface area contributed by atoms with Crippen molar-refractivity contribution in [2.75, 3.05) is 5.73 Å². The summed E-state index contributed by atoms with van der Waals surface area (Å²) in [5.74, 6) is 0.172. The van der Waals surface area contributed by atoms with Crippen molar-refractivity contribution in [3.8, 4) is 10.6 Å². The van der Waals surface area contributed by atoms with Crippen molar-refractivity contribution in [1.29, 1.82) is 0 Å². The smallest absolute Gasteiger partial charge is 0.350 e. The Bertz CT molecular complexity index is 1100. The molecule has 4 aromatic rings. The van der Waals surface area contributed by atoms with Gasteiger partial charge in [-0.05, 0) is 36.9 Å². The summed E-state index contributed by atoms with van der Waals surface area (Å²) in [6.45, 7) is 3.89. The van der Waals surface area contributed by atoms with Crippen LogP contribution in [0.4, 0.5) is 5.69 Å². The molecule has 0 radical (unpaired) electrons. The molecular weight excluding hydrogens is 370 g/mol. The summed E-state index contributed by atoms with van der Waals surface area (Å²) in [5.41, 5.74) is 9.02. The van der Waals surface area contributed by atoms with Crippen molar-refractivity contribution >= 4 is 44.5 Å². The molecule has 4 aromatic heterocycles. The van der Waals surface area contributed by atoms with E-state index in [1.165, 1.54) is 11.3 Å². The fourth-order valence-electron chi connectivity index (χ4n) is 2.74. The molecule has 4 rings (SSSR count). The van der Waals surface area contributed by atoms with Crippen LogP contribution in [0.25, 0.3) is 20.9 Å². The molecule has 0 aliphatic heterocycles. The number of aromatic nitrogens is 2. The zero-order chi connectivity index (χ0) is 18.3. The molecule has 6 nitrogen and oxygen atoms in total. The second kappa shape index (κ2) is 6.54. The zero-order valence-corrected chi connectivity index (χ0v) is 15.7. The molecule has 132 valence electrons. The van der Waals surface area contributed by atoms with Gasteiger partial charge in [0.25, 0.3) is 0 Å². The Morgan fingerprint density at radius 1 is 1.35 bits per heavy atom. The lowest BCUT2D eigenvalue weighted by Crippen LogP contribution is -2.05. The molecule has 0 saturated carbocycles. The highest BCUT2D eigenvalue weighted by Crippen LogP contribution is 2.35. The van der Waals surface area contributed by atoms with E-state index < -0.39 is 5.97 Å². The summed E-state index contributed by atoms with van der Waals surface area (Å²) in [6, 6.07) is 7.59. The number of anilines is 1. The molecule has 26 heavy (non-hydrogen) atoms. The topological polar surface area (TPSA) is 91.2 Å². The predicted octanol–water partition coefficient (Wildman–Crippen LogP) is 4.57. The maximum Gasteiger partial charge on any atom is 0.350 e. The third-order valence-corrected chi connectivity index (χ3v) is 5.85.